The molecule has 35 heavy (non-hydrogen) atoms. The number of hydrogen-bond acceptors (Lipinski definition) is 7. The number of urea groups is 1. The highest BCUT2D eigenvalue weighted by atomic mass is 35.5. The van der Waals surface area contributed by atoms with E-state index < -0.39 is 6.04 Å². The van der Waals surface area contributed by atoms with E-state index in [-0.39, 0.29) is 30.5 Å². The van der Waals surface area contributed by atoms with Gasteiger partial charge in [0, 0.05) is 35.0 Å². The van der Waals surface area contributed by atoms with Crippen LogP contribution in [0.5, 0.6) is 0 Å². The molecule has 0 aliphatic carbocycles. The molecule has 1 aromatic carbocycles. The zero-order chi connectivity index (χ0) is 24.7. The molecule has 184 valence electrons. The van der Waals surface area contributed by atoms with Crippen LogP contribution >= 0.6 is 22.9 Å². The standard InChI is InChI=1S/C25H28ClN5O3S/c1-13(2)21-24(32)31(25(33)30-21)11-17-9-20-23(35-17)22(29-12-28-20)19-7-15(26)6-14(3)18(19)8-16-10-27-4-5-34-16/h6-7,9,12-13,16,21,27H,4-5,8,10-11H2,1-3H3,(H,30,33)/t16-,21?/m1/s1. The van der Waals surface area contributed by atoms with E-state index in [0.717, 1.165) is 57.0 Å². The van der Waals surface area contributed by atoms with Crippen LogP contribution in [-0.2, 0) is 22.5 Å². The molecular weight excluding hydrogens is 486 g/mol. The van der Waals surface area contributed by atoms with E-state index in [4.69, 9.17) is 16.3 Å². The number of nitrogens with one attached hydrogen (secondary N) is 2. The van der Waals surface area contributed by atoms with Crippen LogP contribution in [0.2, 0.25) is 5.02 Å². The number of hydrogen-bond donors (Lipinski definition) is 2. The number of aryl methyl sites for hydroxylation is 1. The van der Waals surface area contributed by atoms with E-state index in [9.17, 15) is 9.59 Å². The number of thiophene rings is 1. The summed E-state index contributed by atoms with van der Waals surface area (Å²) in [4.78, 5) is 36.5. The summed E-state index contributed by atoms with van der Waals surface area (Å²) in [5.74, 6) is -0.160. The lowest BCUT2D eigenvalue weighted by Gasteiger charge is -2.25. The summed E-state index contributed by atoms with van der Waals surface area (Å²) < 4.78 is 6.87. The number of aromatic nitrogens is 2. The number of morpholine rings is 1. The van der Waals surface area contributed by atoms with Crippen LogP contribution in [0, 0.1) is 12.8 Å². The van der Waals surface area contributed by atoms with Gasteiger partial charge in [0.15, 0.2) is 0 Å². The molecule has 3 amide bonds. The fourth-order valence-electron chi connectivity index (χ4n) is 4.71. The predicted octanol–water partition coefficient (Wildman–Crippen LogP) is 3.93. The van der Waals surface area contributed by atoms with Crippen molar-refractivity contribution in [2.75, 3.05) is 19.7 Å². The maximum Gasteiger partial charge on any atom is 0.325 e. The first-order valence-electron chi connectivity index (χ1n) is 11.8. The van der Waals surface area contributed by atoms with Gasteiger partial charge in [-0.3, -0.25) is 9.69 Å². The summed E-state index contributed by atoms with van der Waals surface area (Å²) in [5.41, 5.74) is 4.77. The van der Waals surface area contributed by atoms with Crippen molar-refractivity contribution in [1.82, 2.24) is 25.5 Å². The number of carbonyl (C=O) groups excluding carboxylic acids is 2. The Hall–Kier alpha value is -2.59. The molecule has 0 spiro atoms. The first kappa shape index (κ1) is 24.1. The van der Waals surface area contributed by atoms with E-state index >= 15 is 0 Å². The molecule has 2 aliphatic heterocycles. The zero-order valence-electron chi connectivity index (χ0n) is 19.9. The van der Waals surface area contributed by atoms with Crippen molar-refractivity contribution in [3.8, 4) is 11.3 Å². The minimum absolute atomic E-state index is 0.0316. The number of fused-ring (bicyclic) bond motifs is 1. The van der Waals surface area contributed by atoms with E-state index in [0.29, 0.717) is 11.6 Å². The Bertz CT molecular complexity index is 1290. The summed E-state index contributed by atoms with van der Waals surface area (Å²) in [5, 5.41) is 6.82. The first-order chi connectivity index (χ1) is 16.8. The van der Waals surface area contributed by atoms with Gasteiger partial charge in [0.1, 0.15) is 12.4 Å². The highest BCUT2D eigenvalue weighted by Gasteiger charge is 2.39. The van der Waals surface area contributed by atoms with Gasteiger partial charge in [0.25, 0.3) is 5.91 Å². The van der Waals surface area contributed by atoms with Gasteiger partial charge in [-0.1, -0.05) is 25.4 Å². The lowest BCUT2D eigenvalue weighted by Crippen LogP contribution is -2.39. The monoisotopic (exact) mass is 513 g/mol. The van der Waals surface area contributed by atoms with E-state index in [2.05, 4.69) is 27.5 Å². The molecule has 2 fully saturated rings. The summed E-state index contributed by atoms with van der Waals surface area (Å²) in [6.45, 7) is 8.47. The van der Waals surface area contributed by atoms with Crippen molar-refractivity contribution in [2.24, 2.45) is 5.92 Å². The maximum atomic E-state index is 12.8. The average molecular weight is 514 g/mol. The molecule has 2 aliphatic rings. The molecule has 2 saturated heterocycles. The van der Waals surface area contributed by atoms with Gasteiger partial charge in [-0.05, 0) is 42.2 Å². The van der Waals surface area contributed by atoms with Gasteiger partial charge in [-0.25, -0.2) is 14.8 Å². The van der Waals surface area contributed by atoms with Crippen molar-refractivity contribution < 1.29 is 14.3 Å². The predicted molar refractivity (Wildman–Crippen MR) is 137 cm³/mol. The fraction of sp³-hybridized carbons (Fsp3) is 0.440. The first-order valence-corrected chi connectivity index (χ1v) is 13.0. The lowest BCUT2D eigenvalue weighted by molar-refractivity contribution is -0.128. The number of ether oxygens (including phenoxy) is 1. The van der Waals surface area contributed by atoms with E-state index in [1.807, 2.05) is 32.0 Å². The normalized spacial score (nSPS) is 20.8. The number of benzene rings is 1. The quantitative estimate of drug-likeness (QED) is 0.485. The second kappa shape index (κ2) is 9.81. The van der Waals surface area contributed by atoms with Gasteiger partial charge in [0.2, 0.25) is 0 Å². The molecule has 3 aromatic rings. The molecule has 1 unspecified atom stereocenters. The molecule has 2 aromatic heterocycles. The Kier molecular flexibility index (Phi) is 6.76. The Morgan fingerprint density at radius 3 is 2.80 bits per heavy atom. The van der Waals surface area contributed by atoms with Crippen LogP contribution < -0.4 is 10.6 Å². The Morgan fingerprint density at radius 2 is 2.09 bits per heavy atom. The smallest absolute Gasteiger partial charge is 0.325 e. The van der Waals surface area contributed by atoms with Crippen LogP contribution in [-0.4, -0.2) is 58.6 Å². The number of halogens is 1. The van der Waals surface area contributed by atoms with Crippen LogP contribution in [0.1, 0.15) is 29.9 Å². The zero-order valence-corrected chi connectivity index (χ0v) is 21.5. The number of carbonyl (C=O) groups is 2. The highest BCUT2D eigenvalue weighted by Crippen LogP contribution is 2.37. The molecule has 4 heterocycles. The highest BCUT2D eigenvalue weighted by molar-refractivity contribution is 7.19. The van der Waals surface area contributed by atoms with Crippen molar-refractivity contribution in [3.05, 3.63) is 45.6 Å². The van der Waals surface area contributed by atoms with Crippen LogP contribution in [0.15, 0.2) is 24.5 Å². The summed E-state index contributed by atoms with van der Waals surface area (Å²) in [6.07, 6.45) is 2.37. The Labute approximate surface area is 213 Å². The van der Waals surface area contributed by atoms with Gasteiger partial charge >= 0.3 is 6.03 Å². The van der Waals surface area contributed by atoms with Crippen LogP contribution in [0.4, 0.5) is 4.79 Å². The Balaban J connectivity index is 1.51. The average Bonchev–Trinajstić information content (AvgIpc) is 3.37. The minimum Gasteiger partial charge on any atom is -0.375 e. The topological polar surface area (TPSA) is 96.5 Å². The fourth-order valence-corrected chi connectivity index (χ4v) is 6.08. The third kappa shape index (κ3) is 4.78. The number of nitrogens with zero attached hydrogens (tertiary/aromatic N) is 3. The second-order valence-corrected chi connectivity index (χ2v) is 11.0. The summed E-state index contributed by atoms with van der Waals surface area (Å²) in [7, 11) is 0. The third-order valence-corrected chi connectivity index (χ3v) is 7.86. The van der Waals surface area contributed by atoms with E-state index in [1.54, 1.807) is 6.33 Å². The molecule has 5 rings (SSSR count). The van der Waals surface area contributed by atoms with Crippen molar-refractivity contribution in [1.29, 1.82) is 0 Å². The molecule has 10 heteroatoms. The van der Waals surface area contributed by atoms with Gasteiger partial charge in [-0.15, -0.1) is 11.3 Å². The van der Waals surface area contributed by atoms with Crippen LogP contribution in [0.25, 0.3) is 21.5 Å². The van der Waals surface area contributed by atoms with E-state index in [1.165, 1.54) is 16.2 Å². The molecule has 2 atom stereocenters. The summed E-state index contributed by atoms with van der Waals surface area (Å²) >= 11 is 7.98. The number of amides is 3. The molecule has 0 saturated carbocycles. The largest absolute Gasteiger partial charge is 0.375 e. The van der Waals surface area contributed by atoms with Gasteiger partial charge in [-0.2, -0.15) is 0 Å². The lowest BCUT2D eigenvalue weighted by atomic mass is 9.94. The molecule has 2 N–H and O–H groups in total. The Morgan fingerprint density at radius 1 is 1.26 bits per heavy atom. The number of imide groups is 1. The minimum atomic E-state index is -0.485. The second-order valence-electron chi connectivity index (χ2n) is 9.39. The van der Waals surface area contributed by atoms with Crippen molar-refractivity contribution in [2.45, 2.75) is 45.9 Å². The maximum absolute atomic E-state index is 12.8. The van der Waals surface area contributed by atoms with Crippen molar-refractivity contribution in [3.63, 3.8) is 0 Å². The van der Waals surface area contributed by atoms with Gasteiger partial charge < -0.3 is 15.4 Å². The molecule has 8 nitrogen and oxygen atoms in total. The molecular formula is C25H28ClN5O3S. The molecule has 0 radical (unpaired) electrons. The summed E-state index contributed by atoms with van der Waals surface area (Å²) in [6, 6.07) is 5.01. The SMILES string of the molecule is Cc1cc(Cl)cc(-c2ncnc3cc(CN4C(=O)NC(C(C)C)C4=O)sc23)c1C[C@@H]1CNCCO1. The van der Waals surface area contributed by atoms with Gasteiger partial charge in [0.05, 0.1) is 35.2 Å². The third-order valence-electron chi connectivity index (χ3n) is 6.53. The van der Waals surface area contributed by atoms with Crippen molar-refractivity contribution >= 4 is 45.1 Å². The van der Waals surface area contributed by atoms with Crippen LogP contribution in [0.3, 0.4) is 0 Å². The number of rotatable bonds is 6. The molecule has 0 bridgehead atoms.